The zero-order valence-electron chi connectivity index (χ0n) is 9.50. The first kappa shape index (κ1) is 13.8. The quantitative estimate of drug-likeness (QED) is 0.252. The van der Waals surface area contributed by atoms with E-state index in [2.05, 4.69) is 25.7 Å². The molecule has 0 N–H and O–H groups in total. The first-order valence-electron chi connectivity index (χ1n) is 5.52. The molecular weight excluding hydrogens is 188 g/mol. The number of hydrogen-bond acceptors (Lipinski definition) is 2. The van der Waals surface area contributed by atoms with Gasteiger partial charge in [-0.25, -0.2) is 0 Å². The maximum Gasteiger partial charge on any atom is 0.162 e. The summed E-state index contributed by atoms with van der Waals surface area (Å²) in [5, 5.41) is 0. The van der Waals surface area contributed by atoms with Gasteiger partial charge in [0.15, 0.2) is 5.78 Å². The topological polar surface area (TPSA) is 34.1 Å². The molecule has 0 spiro atoms. The van der Waals surface area contributed by atoms with E-state index in [1.165, 1.54) is 6.08 Å². The van der Waals surface area contributed by atoms with Gasteiger partial charge in [0.05, 0.1) is 6.42 Å². The van der Waals surface area contributed by atoms with Crippen LogP contribution in [0.3, 0.4) is 0 Å². The van der Waals surface area contributed by atoms with Crippen LogP contribution in [0.4, 0.5) is 0 Å². The number of unbranched alkanes of at least 4 members (excludes halogenated alkanes) is 2. The van der Waals surface area contributed by atoms with Gasteiger partial charge in [-0.15, -0.1) is 0 Å². The van der Waals surface area contributed by atoms with Crippen molar-refractivity contribution in [2.75, 3.05) is 0 Å². The first-order valence-corrected chi connectivity index (χ1v) is 5.52. The molecule has 0 aliphatic carbocycles. The van der Waals surface area contributed by atoms with Crippen LogP contribution in [0, 0.1) is 0 Å². The van der Waals surface area contributed by atoms with E-state index < -0.39 is 0 Å². The monoisotopic (exact) mass is 208 g/mol. The number of ketones is 2. The highest BCUT2D eigenvalue weighted by molar-refractivity contribution is 6.04. The summed E-state index contributed by atoms with van der Waals surface area (Å²) in [7, 11) is 0. The molecule has 84 valence electrons. The van der Waals surface area contributed by atoms with Crippen molar-refractivity contribution in [1.82, 2.24) is 0 Å². The van der Waals surface area contributed by atoms with Crippen LogP contribution in [0.2, 0.25) is 0 Å². The van der Waals surface area contributed by atoms with Crippen molar-refractivity contribution in [2.24, 2.45) is 0 Å². The highest BCUT2D eigenvalue weighted by Gasteiger charge is 2.04. The maximum absolute atomic E-state index is 11.2. The predicted octanol–water partition coefficient (Wildman–Crippen LogP) is 3.23. The van der Waals surface area contributed by atoms with Crippen LogP contribution < -0.4 is 0 Å². The average molecular weight is 208 g/mol. The van der Waals surface area contributed by atoms with Gasteiger partial charge in [-0.05, 0) is 25.3 Å². The third kappa shape index (κ3) is 9.13. The Morgan fingerprint density at radius 3 is 2.47 bits per heavy atom. The summed E-state index contributed by atoms with van der Waals surface area (Å²) in [6, 6.07) is 0. The number of rotatable bonds is 9. The van der Waals surface area contributed by atoms with Crippen molar-refractivity contribution in [2.45, 2.75) is 45.4 Å². The molecule has 0 saturated carbocycles. The van der Waals surface area contributed by atoms with E-state index in [0.717, 1.165) is 25.7 Å². The van der Waals surface area contributed by atoms with E-state index in [-0.39, 0.29) is 18.0 Å². The standard InChI is InChI=1S/C13H20O2/c1-3-5-6-7-8-9-10-13(15)11-12(14)4-2/h4,6-7H,2-3,5,8-11H2,1H3. The summed E-state index contributed by atoms with van der Waals surface area (Å²) < 4.78 is 0. The van der Waals surface area contributed by atoms with E-state index in [9.17, 15) is 9.59 Å². The summed E-state index contributed by atoms with van der Waals surface area (Å²) in [5.74, 6) is -0.162. The molecule has 2 heteroatoms. The zero-order chi connectivity index (χ0) is 11.5. The maximum atomic E-state index is 11.2. The van der Waals surface area contributed by atoms with Crippen LogP contribution in [-0.2, 0) is 9.59 Å². The molecule has 0 aliphatic rings. The lowest BCUT2D eigenvalue weighted by molar-refractivity contribution is -0.124. The minimum Gasteiger partial charge on any atom is -0.299 e. The highest BCUT2D eigenvalue weighted by Crippen LogP contribution is 2.02. The molecule has 0 aliphatic heterocycles. The van der Waals surface area contributed by atoms with E-state index in [1.54, 1.807) is 0 Å². The van der Waals surface area contributed by atoms with E-state index in [1.807, 2.05) is 0 Å². The summed E-state index contributed by atoms with van der Waals surface area (Å²) >= 11 is 0. The van der Waals surface area contributed by atoms with E-state index in [4.69, 9.17) is 0 Å². The number of hydrogen-bond donors (Lipinski definition) is 0. The Balaban J connectivity index is 3.47. The van der Waals surface area contributed by atoms with Crippen molar-refractivity contribution in [3.05, 3.63) is 24.8 Å². The second kappa shape index (κ2) is 9.38. The molecule has 0 fully saturated rings. The fourth-order valence-electron chi connectivity index (χ4n) is 1.17. The van der Waals surface area contributed by atoms with Crippen molar-refractivity contribution in [1.29, 1.82) is 0 Å². The Morgan fingerprint density at radius 1 is 1.20 bits per heavy atom. The second-order valence-electron chi connectivity index (χ2n) is 3.54. The van der Waals surface area contributed by atoms with Crippen LogP contribution in [0.25, 0.3) is 0 Å². The molecule has 0 aromatic heterocycles. The molecule has 0 heterocycles. The molecule has 0 bridgehead atoms. The van der Waals surface area contributed by atoms with Crippen LogP contribution in [0.5, 0.6) is 0 Å². The Morgan fingerprint density at radius 2 is 1.87 bits per heavy atom. The molecule has 0 atom stereocenters. The van der Waals surface area contributed by atoms with Crippen LogP contribution in [0.15, 0.2) is 24.8 Å². The van der Waals surface area contributed by atoms with Gasteiger partial charge in [-0.3, -0.25) is 9.59 Å². The molecule has 0 aromatic rings. The van der Waals surface area contributed by atoms with Crippen molar-refractivity contribution in [3.8, 4) is 0 Å². The number of allylic oxidation sites excluding steroid dienone is 3. The number of Topliss-reactive ketones (excluding diaryl/α,β-unsaturated/α-hetero) is 1. The van der Waals surface area contributed by atoms with Gasteiger partial charge in [0.1, 0.15) is 5.78 Å². The van der Waals surface area contributed by atoms with Crippen LogP contribution >= 0.6 is 0 Å². The fourth-order valence-corrected chi connectivity index (χ4v) is 1.17. The lowest BCUT2D eigenvalue weighted by Gasteiger charge is -1.96. The van der Waals surface area contributed by atoms with Gasteiger partial charge in [-0.1, -0.05) is 32.1 Å². The van der Waals surface area contributed by atoms with Gasteiger partial charge in [-0.2, -0.15) is 0 Å². The summed E-state index contributed by atoms with van der Waals surface area (Å²) in [5.41, 5.74) is 0. The van der Waals surface area contributed by atoms with Gasteiger partial charge < -0.3 is 0 Å². The molecule has 0 rings (SSSR count). The normalized spacial score (nSPS) is 10.5. The predicted molar refractivity (Wildman–Crippen MR) is 62.7 cm³/mol. The smallest absolute Gasteiger partial charge is 0.162 e. The molecule has 0 aromatic carbocycles. The zero-order valence-corrected chi connectivity index (χ0v) is 9.50. The van der Waals surface area contributed by atoms with Gasteiger partial charge >= 0.3 is 0 Å². The van der Waals surface area contributed by atoms with Crippen LogP contribution in [0.1, 0.15) is 45.4 Å². The average Bonchev–Trinajstić information content (AvgIpc) is 2.23. The molecule has 0 radical (unpaired) electrons. The summed E-state index contributed by atoms with van der Waals surface area (Å²) in [4.78, 5) is 22.1. The molecule has 2 nitrogen and oxygen atoms in total. The van der Waals surface area contributed by atoms with Crippen molar-refractivity contribution < 1.29 is 9.59 Å². The van der Waals surface area contributed by atoms with Gasteiger partial charge in [0.2, 0.25) is 0 Å². The van der Waals surface area contributed by atoms with E-state index in [0.29, 0.717) is 6.42 Å². The lowest BCUT2D eigenvalue weighted by Crippen LogP contribution is -2.04. The minimum absolute atomic E-state index is 0.0160. The number of carbonyl (C=O) groups is 2. The van der Waals surface area contributed by atoms with Crippen LogP contribution in [-0.4, -0.2) is 11.6 Å². The third-order valence-corrected chi connectivity index (χ3v) is 2.05. The first-order chi connectivity index (χ1) is 7.20. The molecule has 15 heavy (non-hydrogen) atoms. The summed E-state index contributed by atoms with van der Waals surface area (Å²) in [6.07, 6.45) is 9.98. The van der Waals surface area contributed by atoms with Crippen molar-refractivity contribution in [3.63, 3.8) is 0 Å². The Bertz CT molecular complexity index is 239. The molecule has 0 amide bonds. The molecule has 0 saturated heterocycles. The molecule has 0 unspecified atom stereocenters. The second-order valence-corrected chi connectivity index (χ2v) is 3.54. The molecular formula is C13H20O2. The fraction of sp³-hybridized carbons (Fsp3) is 0.538. The Kier molecular flexibility index (Phi) is 8.64. The highest BCUT2D eigenvalue weighted by atomic mass is 16.1. The minimum atomic E-state index is -0.179. The largest absolute Gasteiger partial charge is 0.299 e. The summed E-state index contributed by atoms with van der Waals surface area (Å²) in [6.45, 7) is 5.46. The number of carbonyl (C=O) groups excluding carboxylic acids is 2. The SMILES string of the molecule is C=CC(=O)CC(=O)CCCC=CCCC. The van der Waals surface area contributed by atoms with E-state index >= 15 is 0 Å². The lowest BCUT2D eigenvalue weighted by atomic mass is 10.1. The Hall–Kier alpha value is -1.18. The van der Waals surface area contributed by atoms with Gasteiger partial charge in [0, 0.05) is 6.42 Å². The van der Waals surface area contributed by atoms with Gasteiger partial charge in [0.25, 0.3) is 0 Å². The van der Waals surface area contributed by atoms with Crippen molar-refractivity contribution >= 4 is 11.6 Å². The third-order valence-electron chi connectivity index (χ3n) is 2.05. The Labute approximate surface area is 92.1 Å².